The predicted octanol–water partition coefficient (Wildman–Crippen LogP) is 2.43. The molecule has 0 spiro atoms. The Morgan fingerprint density at radius 1 is 0.720 bits per heavy atom. The lowest BCUT2D eigenvalue weighted by Gasteiger charge is -2.11. The SMILES string of the molecule is CCOC([O-])=Nc1ccc(S(=O)(=O)[O+](C)CCl)cc1.CCOC([O-])=Nc1ccc(S(=O)(=O)[O+](C)CCl)cc1.NC(=O)N=O.NC(=O)OCCCl. The quantitative estimate of drug-likeness (QED) is 0.0780. The maximum atomic E-state index is 11.9. The van der Waals surface area contributed by atoms with Crippen molar-refractivity contribution >= 4 is 90.7 Å². The lowest BCUT2D eigenvalue weighted by Crippen LogP contribution is -2.20. The van der Waals surface area contributed by atoms with Crippen LogP contribution in [0.5, 0.6) is 0 Å². The summed E-state index contributed by atoms with van der Waals surface area (Å²) in [5, 5.41) is 24.0. The summed E-state index contributed by atoms with van der Waals surface area (Å²) in [6.45, 7) is 3.99. The normalized spacial score (nSPS) is 11.5. The molecule has 0 aliphatic rings. The van der Waals surface area contributed by atoms with Crippen molar-refractivity contribution in [3.63, 3.8) is 0 Å². The molecule has 4 N–H and O–H groups in total. The first kappa shape index (κ1) is 48.1. The topological polar surface area (TPSA) is 288 Å². The minimum atomic E-state index is -3.68. The largest absolute Gasteiger partial charge is 0.600 e. The van der Waals surface area contributed by atoms with Crippen LogP contribution >= 0.6 is 34.8 Å². The molecule has 2 rings (SSSR count). The summed E-state index contributed by atoms with van der Waals surface area (Å²) in [5.41, 5.74) is 9.36. The highest BCUT2D eigenvalue weighted by molar-refractivity contribution is 7.87. The number of carbonyl (C=O) groups excluding carboxylic acids is 2. The highest BCUT2D eigenvalue weighted by Crippen LogP contribution is 2.22. The van der Waals surface area contributed by atoms with Gasteiger partial charge in [-0.1, -0.05) is 13.8 Å². The minimum Gasteiger partial charge on any atom is -0.600 e. The van der Waals surface area contributed by atoms with Crippen LogP contribution in [0.2, 0.25) is 0 Å². The Bertz CT molecular complexity index is 1500. The third-order valence-corrected chi connectivity index (χ3v) is 9.20. The van der Waals surface area contributed by atoms with Crippen LogP contribution in [0.15, 0.2) is 73.5 Å². The van der Waals surface area contributed by atoms with Gasteiger partial charge in [0.1, 0.15) is 16.4 Å². The number of urea groups is 1. The van der Waals surface area contributed by atoms with Gasteiger partial charge in [-0.2, -0.15) is 0 Å². The van der Waals surface area contributed by atoms with Gasteiger partial charge in [0.25, 0.3) is 0 Å². The number of carbonyl (C=O) groups is 2. The second kappa shape index (κ2) is 25.9. The van der Waals surface area contributed by atoms with Gasteiger partial charge in [-0.25, -0.2) is 19.6 Å². The van der Waals surface area contributed by atoms with Gasteiger partial charge in [0.05, 0.1) is 17.3 Å². The average molecular weight is 813 g/mol. The van der Waals surface area contributed by atoms with E-state index in [0.29, 0.717) is 17.3 Å². The third kappa shape index (κ3) is 19.9. The molecule has 0 saturated carbocycles. The number of hydrogen-bond donors (Lipinski definition) is 2. The molecule has 2 aromatic rings. The zero-order valence-electron chi connectivity index (χ0n) is 27.0. The summed E-state index contributed by atoms with van der Waals surface area (Å²) in [6, 6.07) is 9.36. The molecule has 24 heteroatoms. The number of rotatable bonds is 12. The van der Waals surface area contributed by atoms with Gasteiger partial charge in [-0.05, 0) is 84.9 Å². The van der Waals surface area contributed by atoms with E-state index in [9.17, 15) is 31.8 Å². The van der Waals surface area contributed by atoms with E-state index in [1.807, 2.05) is 7.63 Å². The number of halogens is 3. The van der Waals surface area contributed by atoms with Crippen molar-refractivity contribution in [2.45, 2.75) is 23.6 Å². The third-order valence-electron chi connectivity index (χ3n) is 4.70. The van der Waals surface area contributed by atoms with Crippen molar-refractivity contribution in [2.24, 2.45) is 26.6 Å². The minimum absolute atomic E-state index is 0.0449. The van der Waals surface area contributed by atoms with Crippen molar-refractivity contribution < 1.29 is 58.5 Å². The zero-order valence-corrected chi connectivity index (χ0v) is 30.9. The van der Waals surface area contributed by atoms with Crippen LogP contribution < -0.4 is 21.7 Å². The Morgan fingerprint density at radius 3 is 1.24 bits per heavy atom. The van der Waals surface area contributed by atoms with E-state index in [-0.39, 0.29) is 41.7 Å². The van der Waals surface area contributed by atoms with Crippen LogP contribution in [0, 0.1) is 4.91 Å². The Labute approximate surface area is 303 Å². The summed E-state index contributed by atoms with van der Waals surface area (Å²) in [6.07, 6.45) is -2.21. The molecule has 0 bridgehead atoms. The molecule has 2 aromatic carbocycles. The molecule has 0 aliphatic heterocycles. The predicted molar refractivity (Wildman–Crippen MR) is 182 cm³/mol. The van der Waals surface area contributed by atoms with Crippen molar-refractivity contribution in [1.82, 2.24) is 0 Å². The number of amides is 3. The molecule has 0 heterocycles. The summed E-state index contributed by atoms with van der Waals surface area (Å²) < 4.78 is 64.7. The number of ether oxygens (including phenoxy) is 3. The summed E-state index contributed by atoms with van der Waals surface area (Å²) in [5.74, 6) is 0.295. The van der Waals surface area contributed by atoms with Crippen LogP contribution in [0.25, 0.3) is 0 Å². The summed E-state index contributed by atoms with van der Waals surface area (Å²) >= 11 is 16.0. The fourth-order valence-corrected chi connectivity index (χ4v) is 5.09. The lowest BCUT2D eigenvalue weighted by molar-refractivity contribution is -0.250. The zero-order chi connectivity index (χ0) is 38.9. The maximum absolute atomic E-state index is 11.9. The molecule has 0 unspecified atom stereocenters. The highest BCUT2D eigenvalue weighted by atomic mass is 35.5. The van der Waals surface area contributed by atoms with Gasteiger partial charge < -0.3 is 35.9 Å². The molecule has 3 amide bonds. The van der Waals surface area contributed by atoms with E-state index in [1.54, 1.807) is 19.0 Å². The number of alkyl halides is 3. The number of nitrogens with two attached hydrogens (primary N) is 2. The van der Waals surface area contributed by atoms with E-state index >= 15 is 0 Å². The number of benzene rings is 2. The standard InChI is InChI=1S/2C11H14ClNO5S.C3H6ClNO2.CH2N2O2/c2*1-3-17-11(14)13-9-4-6-10(7-5-9)19(15,16)18(2)8-12;4-1-2-7-3(5)6;2-1(4)3-5/h2*4-7H,3,8H2,1-2H3;1-2H2,(H2,5,6);(H2,2,4). The van der Waals surface area contributed by atoms with Gasteiger partial charge >= 0.3 is 32.4 Å². The van der Waals surface area contributed by atoms with Crippen molar-refractivity contribution in [3.8, 4) is 0 Å². The van der Waals surface area contributed by atoms with Crippen LogP contribution in [-0.4, -0.2) is 93.2 Å². The average Bonchev–Trinajstić information content (AvgIpc) is 3.08. The van der Waals surface area contributed by atoms with Crippen LogP contribution in [-0.2, 0) is 42.1 Å². The van der Waals surface area contributed by atoms with Crippen molar-refractivity contribution in [3.05, 3.63) is 53.4 Å². The number of nitrogens with zero attached hydrogens (tertiary/aromatic N) is 3. The fraction of sp³-hybridized carbons (Fsp3) is 0.385. The smallest absolute Gasteiger partial charge is 0.412 e. The Kier molecular flexibility index (Phi) is 24.9. The highest BCUT2D eigenvalue weighted by Gasteiger charge is 2.27. The van der Waals surface area contributed by atoms with E-state index in [1.165, 1.54) is 62.8 Å². The molecular weight excluding hydrogens is 777 g/mol. The molecule has 0 aromatic heterocycles. The Balaban J connectivity index is 0. The second-order valence-corrected chi connectivity index (χ2v) is 12.9. The molecular formula is C26H36Cl3N5O14S2. The molecule has 0 atom stereocenters. The monoisotopic (exact) mass is 811 g/mol. The number of hydrogen-bond acceptors (Lipinski definition) is 14. The van der Waals surface area contributed by atoms with Gasteiger partial charge in [-0.3, -0.25) is 7.63 Å². The number of primary amides is 2. The second-order valence-electron chi connectivity index (χ2n) is 8.17. The fourth-order valence-electron chi connectivity index (χ4n) is 2.48. The molecule has 0 saturated heterocycles. The molecule has 0 fully saturated rings. The van der Waals surface area contributed by atoms with Crippen LogP contribution in [0.1, 0.15) is 13.8 Å². The Morgan fingerprint density at radius 2 is 1.04 bits per heavy atom. The maximum Gasteiger partial charge on any atom is 0.412 e. The molecule has 50 heavy (non-hydrogen) atoms. The molecule has 19 nitrogen and oxygen atoms in total. The van der Waals surface area contributed by atoms with E-state index in [0.717, 1.165) is 0 Å². The van der Waals surface area contributed by atoms with Gasteiger partial charge in [-0.15, -0.1) is 33.3 Å². The van der Waals surface area contributed by atoms with Crippen molar-refractivity contribution in [2.75, 3.05) is 52.1 Å². The number of aliphatic imine (C=N–C) groups is 2. The van der Waals surface area contributed by atoms with Gasteiger partial charge in [0.2, 0.25) is 12.1 Å². The molecule has 0 aliphatic carbocycles. The van der Waals surface area contributed by atoms with E-state index in [4.69, 9.17) is 44.5 Å². The van der Waals surface area contributed by atoms with Crippen molar-refractivity contribution in [1.29, 1.82) is 0 Å². The molecule has 282 valence electrons. The van der Waals surface area contributed by atoms with Crippen LogP contribution in [0.4, 0.5) is 21.0 Å². The number of nitroso groups, excluding NO2 is 1. The first-order valence-electron chi connectivity index (χ1n) is 13.3. The first-order valence-corrected chi connectivity index (χ1v) is 17.8. The first-order chi connectivity index (χ1) is 23.4. The summed E-state index contributed by atoms with van der Waals surface area (Å²) in [4.78, 5) is 34.9. The molecule has 0 radical (unpaired) electrons. The van der Waals surface area contributed by atoms with E-state index < -0.39 is 44.5 Å². The lowest BCUT2D eigenvalue weighted by atomic mass is 10.3. The van der Waals surface area contributed by atoms with Gasteiger partial charge in [0.15, 0.2) is 26.4 Å². The van der Waals surface area contributed by atoms with Crippen LogP contribution in [0.3, 0.4) is 0 Å². The van der Waals surface area contributed by atoms with E-state index in [2.05, 4.69) is 35.7 Å². The Hall–Kier alpha value is -3.99. The summed E-state index contributed by atoms with van der Waals surface area (Å²) in [7, 11) is -4.79. The van der Waals surface area contributed by atoms with Gasteiger partial charge in [0, 0.05) is 5.18 Å².